The van der Waals surface area contributed by atoms with Gasteiger partial charge < -0.3 is 0 Å². The molecule has 0 saturated carbocycles. The SMILES string of the molecule is CC1(C)c2cc3ccccc3cc2-c2c(-c3cccc(-c4ccccc4-c4cc(-c5ccccc5)nc(-c5ccccc5)n4)c3)cccc21. The second-order valence-electron chi connectivity index (χ2n) is 13.4. The Bertz CT molecular complexity index is 2450. The Morgan fingerprint density at radius 2 is 0.918 bits per heavy atom. The molecule has 1 aliphatic carbocycles. The predicted molar refractivity (Wildman–Crippen MR) is 204 cm³/mol. The van der Waals surface area contributed by atoms with Gasteiger partial charge in [0.2, 0.25) is 0 Å². The van der Waals surface area contributed by atoms with Crippen LogP contribution in [0.5, 0.6) is 0 Å². The molecule has 1 heterocycles. The van der Waals surface area contributed by atoms with Gasteiger partial charge >= 0.3 is 0 Å². The van der Waals surface area contributed by atoms with Crippen molar-refractivity contribution in [1.29, 1.82) is 0 Å². The van der Waals surface area contributed by atoms with Crippen molar-refractivity contribution in [3.8, 4) is 67.3 Å². The van der Waals surface area contributed by atoms with Gasteiger partial charge in [0.25, 0.3) is 0 Å². The number of fused-ring (bicyclic) bond motifs is 4. The highest BCUT2D eigenvalue weighted by molar-refractivity contribution is 5.99. The Morgan fingerprint density at radius 1 is 0.367 bits per heavy atom. The van der Waals surface area contributed by atoms with E-state index < -0.39 is 0 Å². The highest BCUT2D eigenvalue weighted by Gasteiger charge is 2.37. The molecule has 2 nitrogen and oxygen atoms in total. The molecule has 9 rings (SSSR count). The molecule has 0 saturated heterocycles. The van der Waals surface area contributed by atoms with Crippen molar-refractivity contribution in [2.75, 3.05) is 0 Å². The Hall–Kier alpha value is -6.12. The van der Waals surface area contributed by atoms with E-state index in [4.69, 9.17) is 9.97 Å². The van der Waals surface area contributed by atoms with Crippen molar-refractivity contribution in [3.05, 3.63) is 181 Å². The second kappa shape index (κ2) is 11.5. The number of rotatable bonds is 5. The van der Waals surface area contributed by atoms with Crippen LogP contribution >= 0.6 is 0 Å². The van der Waals surface area contributed by atoms with E-state index in [1.54, 1.807) is 0 Å². The van der Waals surface area contributed by atoms with Crippen molar-refractivity contribution in [1.82, 2.24) is 9.97 Å². The fourth-order valence-electron chi connectivity index (χ4n) is 7.58. The third kappa shape index (κ3) is 4.96. The lowest BCUT2D eigenvalue weighted by Crippen LogP contribution is -2.14. The van der Waals surface area contributed by atoms with Crippen LogP contribution in [0.3, 0.4) is 0 Å². The summed E-state index contributed by atoms with van der Waals surface area (Å²) in [5.74, 6) is 0.717. The van der Waals surface area contributed by atoms with E-state index in [2.05, 4.69) is 159 Å². The fraction of sp³-hybridized carbons (Fsp3) is 0.0638. The minimum Gasteiger partial charge on any atom is -0.228 e. The van der Waals surface area contributed by atoms with Crippen molar-refractivity contribution in [2.45, 2.75) is 19.3 Å². The molecule has 0 N–H and O–H groups in total. The van der Waals surface area contributed by atoms with Gasteiger partial charge in [-0.2, -0.15) is 0 Å². The predicted octanol–water partition coefficient (Wildman–Crippen LogP) is 12.3. The van der Waals surface area contributed by atoms with Crippen LogP contribution in [-0.4, -0.2) is 9.97 Å². The first kappa shape index (κ1) is 29.1. The topological polar surface area (TPSA) is 25.8 Å². The zero-order valence-electron chi connectivity index (χ0n) is 27.6. The van der Waals surface area contributed by atoms with Gasteiger partial charge in [0, 0.05) is 22.1 Å². The van der Waals surface area contributed by atoms with E-state index in [1.165, 1.54) is 44.2 Å². The summed E-state index contributed by atoms with van der Waals surface area (Å²) in [4.78, 5) is 10.2. The molecule has 232 valence electrons. The van der Waals surface area contributed by atoms with Gasteiger partial charge in [-0.1, -0.05) is 159 Å². The van der Waals surface area contributed by atoms with Gasteiger partial charge in [0.15, 0.2) is 5.82 Å². The molecule has 0 unspecified atom stereocenters. The van der Waals surface area contributed by atoms with Gasteiger partial charge in [0.05, 0.1) is 11.4 Å². The minimum atomic E-state index is -0.0884. The maximum absolute atomic E-state index is 5.17. The molecule has 0 radical (unpaired) electrons. The van der Waals surface area contributed by atoms with E-state index in [-0.39, 0.29) is 5.41 Å². The maximum Gasteiger partial charge on any atom is 0.160 e. The first-order valence-corrected chi connectivity index (χ1v) is 16.9. The molecular weight excluding hydrogens is 593 g/mol. The summed E-state index contributed by atoms with van der Waals surface area (Å²) >= 11 is 0. The van der Waals surface area contributed by atoms with Crippen LogP contribution < -0.4 is 0 Å². The summed E-state index contributed by atoms with van der Waals surface area (Å²) in [5, 5.41) is 2.56. The van der Waals surface area contributed by atoms with Crippen LogP contribution in [-0.2, 0) is 5.41 Å². The Balaban J connectivity index is 1.20. The lowest BCUT2D eigenvalue weighted by Gasteiger charge is -2.22. The summed E-state index contributed by atoms with van der Waals surface area (Å²) in [6.07, 6.45) is 0. The van der Waals surface area contributed by atoms with Crippen molar-refractivity contribution in [3.63, 3.8) is 0 Å². The number of hydrogen-bond donors (Lipinski definition) is 0. The lowest BCUT2D eigenvalue weighted by atomic mass is 9.81. The van der Waals surface area contributed by atoms with E-state index in [9.17, 15) is 0 Å². The molecular formula is C47H34N2. The monoisotopic (exact) mass is 626 g/mol. The average molecular weight is 627 g/mol. The van der Waals surface area contributed by atoms with E-state index >= 15 is 0 Å². The Labute approximate surface area is 287 Å². The van der Waals surface area contributed by atoms with E-state index in [1.807, 2.05) is 24.3 Å². The smallest absolute Gasteiger partial charge is 0.160 e. The number of benzene rings is 7. The lowest BCUT2D eigenvalue weighted by molar-refractivity contribution is 0.661. The highest BCUT2D eigenvalue weighted by atomic mass is 14.9. The van der Waals surface area contributed by atoms with Gasteiger partial charge in [0.1, 0.15) is 0 Å². The third-order valence-electron chi connectivity index (χ3n) is 10.1. The van der Waals surface area contributed by atoms with Crippen LogP contribution in [0.4, 0.5) is 0 Å². The van der Waals surface area contributed by atoms with Crippen LogP contribution in [0, 0.1) is 0 Å². The molecule has 0 amide bonds. The zero-order chi connectivity index (χ0) is 33.0. The van der Waals surface area contributed by atoms with Crippen LogP contribution in [0.2, 0.25) is 0 Å². The minimum absolute atomic E-state index is 0.0884. The van der Waals surface area contributed by atoms with Crippen molar-refractivity contribution in [2.24, 2.45) is 0 Å². The van der Waals surface area contributed by atoms with Crippen LogP contribution in [0.1, 0.15) is 25.0 Å². The molecule has 0 spiro atoms. The molecule has 8 aromatic rings. The highest BCUT2D eigenvalue weighted by Crippen LogP contribution is 2.53. The Kier molecular flexibility index (Phi) is 6.84. The molecule has 1 aromatic heterocycles. The standard InChI is InChI=1S/C47H34N2/c1-47(2)41-26-14-25-38(45(41)40-28-33-19-9-10-20-34(33)29-42(40)47)36-22-13-21-35(27-36)37-23-11-12-24-39(37)44-30-43(31-15-5-3-6-16-31)48-46(49-44)32-17-7-4-8-18-32/h3-30H,1-2H3. The van der Waals surface area contributed by atoms with Gasteiger partial charge in [-0.3, -0.25) is 0 Å². The molecule has 1 aliphatic rings. The summed E-state index contributed by atoms with van der Waals surface area (Å²) in [7, 11) is 0. The third-order valence-corrected chi connectivity index (χ3v) is 10.1. The van der Waals surface area contributed by atoms with Crippen LogP contribution in [0.25, 0.3) is 78.1 Å². The number of hydrogen-bond acceptors (Lipinski definition) is 2. The summed E-state index contributed by atoms with van der Waals surface area (Å²) in [6, 6.07) is 60.7. The Morgan fingerprint density at radius 3 is 1.67 bits per heavy atom. The molecule has 0 bridgehead atoms. The summed E-state index contributed by atoms with van der Waals surface area (Å²) in [6.45, 7) is 4.72. The number of nitrogens with zero attached hydrogens (tertiary/aromatic N) is 2. The van der Waals surface area contributed by atoms with Gasteiger partial charge in [-0.05, 0) is 79.5 Å². The first-order chi connectivity index (χ1) is 24.0. The summed E-state index contributed by atoms with van der Waals surface area (Å²) in [5.41, 5.74) is 15.1. The molecule has 7 aromatic carbocycles. The number of aromatic nitrogens is 2. The van der Waals surface area contributed by atoms with E-state index in [0.717, 1.165) is 39.2 Å². The second-order valence-corrected chi connectivity index (χ2v) is 13.4. The quantitative estimate of drug-likeness (QED) is 0.190. The van der Waals surface area contributed by atoms with E-state index in [0.29, 0.717) is 5.82 Å². The van der Waals surface area contributed by atoms with Crippen molar-refractivity contribution < 1.29 is 0 Å². The fourth-order valence-corrected chi connectivity index (χ4v) is 7.58. The average Bonchev–Trinajstić information content (AvgIpc) is 3.39. The summed E-state index contributed by atoms with van der Waals surface area (Å²) < 4.78 is 0. The molecule has 49 heavy (non-hydrogen) atoms. The molecule has 0 aliphatic heterocycles. The largest absolute Gasteiger partial charge is 0.228 e. The maximum atomic E-state index is 5.17. The molecule has 2 heteroatoms. The first-order valence-electron chi connectivity index (χ1n) is 16.9. The van der Waals surface area contributed by atoms with Crippen LogP contribution in [0.15, 0.2) is 170 Å². The van der Waals surface area contributed by atoms with Gasteiger partial charge in [-0.15, -0.1) is 0 Å². The van der Waals surface area contributed by atoms with Crippen molar-refractivity contribution >= 4 is 10.8 Å². The van der Waals surface area contributed by atoms with Gasteiger partial charge in [-0.25, -0.2) is 9.97 Å². The zero-order valence-corrected chi connectivity index (χ0v) is 27.6. The molecule has 0 fully saturated rings. The molecule has 0 atom stereocenters. The normalized spacial score (nSPS) is 12.9.